The Morgan fingerprint density at radius 3 is 1.87 bits per heavy atom. The largest absolute Gasteiger partial charge is 0.497 e. The molecule has 0 aliphatic rings. The van der Waals surface area contributed by atoms with Crippen molar-refractivity contribution in [2.75, 3.05) is 24.3 Å². The van der Waals surface area contributed by atoms with E-state index in [0.717, 1.165) is 16.9 Å². The van der Waals surface area contributed by atoms with Crippen molar-refractivity contribution in [1.82, 2.24) is 14.5 Å². The fourth-order valence-corrected chi connectivity index (χ4v) is 4.56. The molecular weight excluding hydrogens is 570 g/mol. The number of methoxy groups -OCH3 is 1. The summed E-state index contributed by atoms with van der Waals surface area (Å²) in [4.78, 5) is 42.9. The van der Waals surface area contributed by atoms with Gasteiger partial charge in [-0.2, -0.15) is 0 Å². The van der Waals surface area contributed by atoms with Crippen molar-refractivity contribution in [3.63, 3.8) is 0 Å². The van der Waals surface area contributed by atoms with E-state index < -0.39 is 0 Å². The number of hydrogen-bond donors (Lipinski definition) is 4. The third-order valence-corrected chi connectivity index (χ3v) is 6.84. The fourth-order valence-electron chi connectivity index (χ4n) is 4.56. The predicted molar refractivity (Wildman–Crippen MR) is 179 cm³/mol. The molecule has 0 saturated carbocycles. The number of rotatable bonds is 12. The number of nitrogens with one attached hydrogen (secondary N) is 3. The van der Waals surface area contributed by atoms with Crippen LogP contribution in [0.2, 0.25) is 0 Å². The van der Waals surface area contributed by atoms with Gasteiger partial charge >= 0.3 is 0 Å². The number of carbonyl (C=O) groups excluding carboxylic acids is 3. The first-order valence-electron chi connectivity index (χ1n) is 14.5. The summed E-state index contributed by atoms with van der Waals surface area (Å²) in [5.74, 6) is 0.303. The van der Waals surface area contributed by atoms with Crippen molar-refractivity contribution >= 4 is 47.1 Å². The lowest BCUT2D eigenvalue weighted by molar-refractivity contribution is 0.0945. The van der Waals surface area contributed by atoms with Crippen LogP contribution in [0.4, 0.5) is 11.4 Å². The van der Waals surface area contributed by atoms with E-state index in [1.54, 1.807) is 67.0 Å². The Labute approximate surface area is 262 Å². The van der Waals surface area contributed by atoms with Crippen LogP contribution in [0.3, 0.4) is 0 Å². The van der Waals surface area contributed by atoms with Gasteiger partial charge in [0.2, 0.25) is 0 Å². The van der Waals surface area contributed by atoms with Gasteiger partial charge in [0.15, 0.2) is 0 Å². The number of nitrogens with zero attached hydrogens (tertiary/aromatic N) is 3. The molecule has 4 aromatic rings. The average molecular weight is 610 g/mol. The molecule has 234 valence electrons. The van der Waals surface area contributed by atoms with E-state index in [0.29, 0.717) is 47.1 Å². The minimum absolute atomic E-state index is 0.0914. The summed E-state index contributed by atoms with van der Waals surface area (Å²) < 4.78 is 8.44. The summed E-state index contributed by atoms with van der Waals surface area (Å²) in [6.45, 7) is 4.21. The number of carbonyl (C=O) groups is 3. The maximum absolute atomic E-state index is 13.1. The maximum atomic E-state index is 13.1. The zero-order valence-corrected chi connectivity index (χ0v) is 26.1. The van der Waals surface area contributed by atoms with Crippen LogP contribution in [0.1, 0.15) is 62.7 Å². The lowest BCUT2D eigenvalue weighted by Gasteiger charge is -2.06. The number of hydrogen-bond acceptors (Lipinski definition) is 5. The van der Waals surface area contributed by atoms with Crippen LogP contribution < -0.4 is 26.4 Å². The smallest absolute Gasteiger partial charge is 0.272 e. The Morgan fingerprint density at radius 2 is 1.33 bits per heavy atom. The number of ether oxygens (including phenoxy) is 1. The summed E-state index contributed by atoms with van der Waals surface area (Å²) in [6.07, 6.45) is 7.71. The molecule has 2 aromatic heterocycles. The van der Waals surface area contributed by atoms with Gasteiger partial charge in [-0.05, 0) is 61.4 Å². The molecule has 0 aliphatic heterocycles. The van der Waals surface area contributed by atoms with Gasteiger partial charge in [-0.25, -0.2) is 0 Å². The molecule has 4 rings (SSSR count). The van der Waals surface area contributed by atoms with Gasteiger partial charge in [-0.3, -0.25) is 19.4 Å². The second-order valence-electron chi connectivity index (χ2n) is 10.8. The van der Waals surface area contributed by atoms with Gasteiger partial charge in [0.25, 0.3) is 17.7 Å². The summed E-state index contributed by atoms with van der Waals surface area (Å²) in [5.41, 5.74) is 9.98. The molecule has 0 radical (unpaired) electrons. The summed E-state index contributed by atoms with van der Waals surface area (Å²) in [5, 5.41) is 8.49. The van der Waals surface area contributed by atoms with E-state index in [1.807, 2.05) is 62.4 Å². The number of anilines is 2. The van der Waals surface area contributed by atoms with Gasteiger partial charge in [0, 0.05) is 51.1 Å². The standard InChI is InChI=1S/C34H39N7O4/c1-22(2)37-31(35)16-17-36-33(43)29-18-27(21-40(29)3)39-34(44)30-19-26(20-41(30)4)38-32(42)25-12-8-23(9-13-25)6-7-24-10-14-28(45-5)15-11-24/h6-15,18-22H,16-17H2,1-5H3,(H2,35,37)(H,36,43)(H,38,42)(H,39,44)/b7-6+. The van der Waals surface area contributed by atoms with E-state index in [2.05, 4.69) is 20.9 Å². The molecule has 3 amide bonds. The molecule has 2 aromatic carbocycles. The molecule has 0 unspecified atom stereocenters. The zero-order valence-electron chi connectivity index (χ0n) is 26.1. The molecule has 0 saturated heterocycles. The van der Waals surface area contributed by atoms with Gasteiger partial charge in [-0.15, -0.1) is 0 Å². The summed E-state index contributed by atoms with van der Waals surface area (Å²) in [6, 6.07) is 18.2. The van der Waals surface area contributed by atoms with Crippen LogP contribution >= 0.6 is 0 Å². The molecule has 11 nitrogen and oxygen atoms in total. The first-order valence-corrected chi connectivity index (χ1v) is 14.5. The molecule has 11 heteroatoms. The lowest BCUT2D eigenvalue weighted by atomic mass is 10.1. The number of benzene rings is 2. The second-order valence-corrected chi connectivity index (χ2v) is 10.8. The number of aryl methyl sites for hydroxylation is 2. The Bertz CT molecular complexity index is 1710. The fraction of sp³-hybridized carbons (Fsp3) is 0.235. The molecule has 5 N–H and O–H groups in total. The van der Waals surface area contributed by atoms with E-state index >= 15 is 0 Å². The summed E-state index contributed by atoms with van der Waals surface area (Å²) in [7, 11) is 5.07. The lowest BCUT2D eigenvalue weighted by Crippen LogP contribution is -2.29. The SMILES string of the molecule is COc1ccc(/C=C/c2ccc(C(=O)Nc3cc(C(=O)Nc4cc(C(=O)NCCC(N)=NC(C)C)n(C)c4)n(C)c3)cc2)cc1. The third-order valence-electron chi connectivity index (χ3n) is 6.84. The van der Waals surface area contributed by atoms with Gasteiger partial charge in [0.1, 0.15) is 17.1 Å². The maximum Gasteiger partial charge on any atom is 0.272 e. The molecular formula is C34H39N7O4. The molecule has 0 spiro atoms. The first kappa shape index (κ1) is 32.3. The van der Waals surface area contributed by atoms with Crippen LogP contribution in [-0.4, -0.2) is 52.4 Å². The number of aliphatic imine (C=N–C) groups is 1. The molecule has 0 atom stereocenters. The second kappa shape index (κ2) is 14.7. The minimum atomic E-state index is -0.388. The van der Waals surface area contributed by atoms with Crippen LogP contribution in [0.5, 0.6) is 5.75 Å². The minimum Gasteiger partial charge on any atom is -0.497 e. The Kier molecular flexibility index (Phi) is 10.6. The molecule has 0 aliphatic carbocycles. The van der Waals surface area contributed by atoms with Crippen molar-refractivity contribution in [3.05, 3.63) is 101 Å². The summed E-state index contributed by atoms with van der Waals surface area (Å²) >= 11 is 0. The van der Waals surface area contributed by atoms with E-state index in [1.165, 1.54) is 0 Å². The van der Waals surface area contributed by atoms with E-state index in [9.17, 15) is 14.4 Å². The van der Waals surface area contributed by atoms with Crippen LogP contribution in [0, 0.1) is 0 Å². The third kappa shape index (κ3) is 8.96. The molecule has 2 heterocycles. The average Bonchev–Trinajstić information content (AvgIpc) is 3.56. The van der Waals surface area contributed by atoms with Crippen molar-refractivity contribution < 1.29 is 19.1 Å². The Hall–Kier alpha value is -5.58. The molecule has 45 heavy (non-hydrogen) atoms. The van der Waals surface area contributed by atoms with Crippen molar-refractivity contribution in [2.45, 2.75) is 26.3 Å². The van der Waals surface area contributed by atoms with Crippen LogP contribution in [-0.2, 0) is 14.1 Å². The Balaban J connectivity index is 1.33. The van der Waals surface area contributed by atoms with E-state index in [-0.39, 0.29) is 23.8 Å². The molecule has 0 bridgehead atoms. The predicted octanol–water partition coefficient (Wildman–Crippen LogP) is 4.93. The number of aromatic nitrogens is 2. The van der Waals surface area contributed by atoms with Gasteiger partial charge < -0.3 is 35.6 Å². The van der Waals surface area contributed by atoms with Gasteiger partial charge in [0.05, 0.1) is 24.3 Å². The Morgan fingerprint density at radius 1 is 0.822 bits per heavy atom. The van der Waals surface area contributed by atoms with Gasteiger partial charge in [-0.1, -0.05) is 36.4 Å². The topological polar surface area (TPSA) is 145 Å². The number of amidine groups is 1. The van der Waals surface area contributed by atoms with Crippen LogP contribution in [0.15, 0.2) is 78.0 Å². The number of amides is 3. The highest BCUT2D eigenvalue weighted by Gasteiger charge is 2.17. The van der Waals surface area contributed by atoms with Crippen molar-refractivity contribution in [1.29, 1.82) is 0 Å². The van der Waals surface area contributed by atoms with E-state index in [4.69, 9.17) is 10.5 Å². The zero-order chi connectivity index (χ0) is 32.5. The van der Waals surface area contributed by atoms with Crippen molar-refractivity contribution in [2.24, 2.45) is 24.8 Å². The quantitative estimate of drug-likeness (QED) is 0.102. The normalized spacial score (nSPS) is 11.6. The van der Waals surface area contributed by atoms with Crippen molar-refractivity contribution in [3.8, 4) is 5.75 Å². The highest BCUT2D eigenvalue weighted by atomic mass is 16.5. The highest BCUT2D eigenvalue weighted by molar-refractivity contribution is 6.07. The van der Waals surface area contributed by atoms with Crippen LogP contribution in [0.25, 0.3) is 12.2 Å². The number of nitrogens with two attached hydrogens (primary N) is 1. The first-order chi connectivity index (χ1) is 21.5. The monoisotopic (exact) mass is 609 g/mol. The molecule has 0 fully saturated rings. The highest BCUT2D eigenvalue weighted by Crippen LogP contribution is 2.19.